The molecule has 3 nitrogen and oxygen atoms in total. The van der Waals surface area contributed by atoms with Crippen molar-refractivity contribution in [3.05, 3.63) is 23.6 Å². The summed E-state index contributed by atoms with van der Waals surface area (Å²) in [4.78, 5) is 2.91. The highest BCUT2D eigenvalue weighted by Crippen LogP contribution is 2.15. The zero-order valence-corrected chi connectivity index (χ0v) is 8.82. The van der Waals surface area contributed by atoms with E-state index >= 15 is 0 Å². The minimum absolute atomic E-state index is 0.231. The van der Waals surface area contributed by atoms with Crippen LogP contribution < -0.4 is 5.32 Å². The van der Waals surface area contributed by atoms with Crippen LogP contribution in [0.4, 0.5) is 32.2 Å². The van der Waals surface area contributed by atoms with Gasteiger partial charge in [-0.1, -0.05) is 0 Å². The molecule has 0 aliphatic rings. The average Bonchev–Trinajstić information content (AvgIpc) is 2.23. The normalized spacial score (nSPS) is 11.7. The Morgan fingerprint density at radius 3 is 2.44 bits per heavy atom. The summed E-state index contributed by atoms with van der Waals surface area (Å²) in [5, 5.41) is 2.18. The molecule has 0 saturated heterocycles. The number of halogens is 6. The lowest BCUT2D eigenvalue weighted by molar-refractivity contribution is -0.172. The number of ether oxygens (including phenoxy) is 1. The first kappa shape index (κ1) is 14.6. The Morgan fingerprint density at radius 1 is 1.17 bits per heavy atom. The van der Waals surface area contributed by atoms with Crippen LogP contribution in [0, 0.1) is 17.6 Å². The Kier molecular flexibility index (Phi) is 4.76. The summed E-state index contributed by atoms with van der Waals surface area (Å²) in [5.41, 5.74) is 0. The summed E-state index contributed by atoms with van der Waals surface area (Å²) >= 11 is 0. The first-order valence-electron chi connectivity index (χ1n) is 4.69. The third kappa shape index (κ3) is 4.78. The number of nitrogens with zero attached hydrogens (tertiary/aromatic N) is 1. The molecule has 9 heteroatoms. The first-order chi connectivity index (χ1) is 8.29. The van der Waals surface area contributed by atoms with Crippen molar-refractivity contribution in [3.8, 4) is 0 Å². The van der Waals surface area contributed by atoms with E-state index in [4.69, 9.17) is 0 Å². The molecule has 0 atom stereocenters. The minimum atomic E-state index is -4.45. The van der Waals surface area contributed by atoms with Crippen LogP contribution in [-0.2, 0) is 4.74 Å². The highest BCUT2D eigenvalue weighted by Gasteiger charge is 2.27. The first-order valence-corrected chi connectivity index (χ1v) is 4.69. The van der Waals surface area contributed by atoms with Crippen molar-refractivity contribution in [1.82, 2.24) is 4.98 Å². The van der Waals surface area contributed by atoms with Crippen molar-refractivity contribution in [2.24, 2.45) is 0 Å². The molecule has 0 fully saturated rings. The van der Waals surface area contributed by atoms with Gasteiger partial charge in [-0.3, -0.25) is 0 Å². The maximum atomic E-state index is 13.0. The van der Waals surface area contributed by atoms with Gasteiger partial charge in [0.25, 0.3) is 5.95 Å². The molecule has 0 unspecified atom stereocenters. The second-order valence-electron chi connectivity index (χ2n) is 3.19. The molecule has 0 aromatic carbocycles. The minimum Gasteiger partial charge on any atom is -0.370 e. The van der Waals surface area contributed by atoms with E-state index in [2.05, 4.69) is 15.0 Å². The lowest BCUT2D eigenvalue weighted by Crippen LogP contribution is -2.20. The topological polar surface area (TPSA) is 34.1 Å². The fourth-order valence-corrected chi connectivity index (χ4v) is 0.998. The van der Waals surface area contributed by atoms with E-state index in [0.717, 1.165) is 0 Å². The van der Waals surface area contributed by atoms with Crippen molar-refractivity contribution >= 4 is 5.82 Å². The Hall–Kier alpha value is -1.51. The summed E-state index contributed by atoms with van der Waals surface area (Å²) in [6.07, 6.45) is -4.45. The molecule has 0 bridgehead atoms. The molecular weight excluding hydrogens is 266 g/mol. The zero-order chi connectivity index (χ0) is 13.8. The summed E-state index contributed by atoms with van der Waals surface area (Å²) in [7, 11) is 0. The van der Waals surface area contributed by atoms with Crippen LogP contribution in [0.1, 0.15) is 0 Å². The van der Waals surface area contributed by atoms with Gasteiger partial charge in [0.2, 0.25) is 0 Å². The molecule has 0 amide bonds. The Morgan fingerprint density at radius 2 is 1.83 bits per heavy atom. The van der Waals surface area contributed by atoms with Gasteiger partial charge in [0.15, 0.2) is 17.5 Å². The van der Waals surface area contributed by atoms with Crippen LogP contribution in [0.3, 0.4) is 0 Å². The van der Waals surface area contributed by atoms with Gasteiger partial charge < -0.3 is 10.1 Å². The molecule has 0 radical (unpaired) electrons. The van der Waals surface area contributed by atoms with Crippen LogP contribution in [0.15, 0.2) is 6.07 Å². The van der Waals surface area contributed by atoms with Gasteiger partial charge in [-0.15, -0.1) is 0 Å². The SMILES string of the molecule is Fc1cc(F)c(NCCOCC(F)(F)F)nc1F. The molecule has 0 aliphatic heterocycles. The third-order valence-corrected chi connectivity index (χ3v) is 1.69. The second-order valence-corrected chi connectivity index (χ2v) is 3.19. The van der Waals surface area contributed by atoms with E-state index in [1.807, 2.05) is 0 Å². The molecular formula is C9H8F6N2O. The maximum absolute atomic E-state index is 13.0. The third-order valence-electron chi connectivity index (χ3n) is 1.69. The van der Waals surface area contributed by atoms with Crippen LogP contribution in [-0.4, -0.2) is 30.9 Å². The van der Waals surface area contributed by atoms with Crippen LogP contribution in [0.5, 0.6) is 0 Å². The summed E-state index contributed by atoms with van der Waals surface area (Å²) in [6.45, 7) is -2.06. The number of aromatic nitrogens is 1. The molecule has 0 saturated carbocycles. The van der Waals surface area contributed by atoms with E-state index in [1.165, 1.54) is 0 Å². The molecule has 1 N–H and O–H groups in total. The highest BCUT2D eigenvalue weighted by molar-refractivity contribution is 5.35. The quantitative estimate of drug-likeness (QED) is 0.509. The number of hydrogen-bond acceptors (Lipinski definition) is 3. The van der Waals surface area contributed by atoms with E-state index in [0.29, 0.717) is 0 Å². The van der Waals surface area contributed by atoms with Gasteiger partial charge in [0.05, 0.1) is 6.61 Å². The lowest BCUT2D eigenvalue weighted by atomic mass is 10.4. The van der Waals surface area contributed by atoms with Gasteiger partial charge in [0.1, 0.15) is 6.61 Å². The van der Waals surface area contributed by atoms with Gasteiger partial charge in [-0.05, 0) is 0 Å². The zero-order valence-electron chi connectivity index (χ0n) is 8.82. The smallest absolute Gasteiger partial charge is 0.370 e. The second kappa shape index (κ2) is 5.89. The maximum Gasteiger partial charge on any atom is 0.411 e. The average molecular weight is 274 g/mol. The molecule has 1 aromatic heterocycles. The predicted octanol–water partition coefficient (Wildman–Crippen LogP) is 2.49. The van der Waals surface area contributed by atoms with Gasteiger partial charge >= 0.3 is 6.18 Å². The summed E-state index contributed by atoms with van der Waals surface area (Å²) in [6, 6.07) is 0.279. The van der Waals surface area contributed by atoms with Crippen LogP contribution >= 0.6 is 0 Å². The van der Waals surface area contributed by atoms with E-state index < -0.39 is 36.2 Å². The fraction of sp³-hybridized carbons (Fsp3) is 0.444. The highest BCUT2D eigenvalue weighted by atomic mass is 19.4. The van der Waals surface area contributed by atoms with Gasteiger partial charge in [0, 0.05) is 12.6 Å². The van der Waals surface area contributed by atoms with Crippen LogP contribution in [0.2, 0.25) is 0 Å². The number of alkyl halides is 3. The van der Waals surface area contributed by atoms with E-state index in [-0.39, 0.29) is 19.2 Å². The number of hydrogen-bond donors (Lipinski definition) is 1. The molecule has 18 heavy (non-hydrogen) atoms. The number of rotatable bonds is 5. The molecule has 1 aromatic rings. The largest absolute Gasteiger partial charge is 0.411 e. The monoisotopic (exact) mass is 274 g/mol. The Labute approximate surface area is 97.8 Å². The summed E-state index contributed by atoms with van der Waals surface area (Å²) in [5.74, 6) is -4.70. The van der Waals surface area contributed by atoms with Gasteiger partial charge in [-0.2, -0.15) is 22.5 Å². The van der Waals surface area contributed by atoms with E-state index in [1.54, 1.807) is 0 Å². The van der Waals surface area contributed by atoms with Crippen molar-refractivity contribution in [2.45, 2.75) is 6.18 Å². The lowest BCUT2D eigenvalue weighted by Gasteiger charge is -2.09. The number of pyridine rings is 1. The van der Waals surface area contributed by atoms with Crippen LogP contribution in [0.25, 0.3) is 0 Å². The predicted molar refractivity (Wildman–Crippen MR) is 49.5 cm³/mol. The van der Waals surface area contributed by atoms with E-state index in [9.17, 15) is 26.3 Å². The fourth-order valence-electron chi connectivity index (χ4n) is 0.998. The van der Waals surface area contributed by atoms with Crippen molar-refractivity contribution in [1.29, 1.82) is 0 Å². The molecule has 102 valence electrons. The summed E-state index contributed by atoms with van der Waals surface area (Å²) < 4.78 is 77.3. The van der Waals surface area contributed by atoms with Gasteiger partial charge in [-0.25, -0.2) is 8.78 Å². The number of anilines is 1. The van der Waals surface area contributed by atoms with Crippen molar-refractivity contribution < 1.29 is 31.1 Å². The molecule has 0 spiro atoms. The molecule has 0 aliphatic carbocycles. The molecule has 1 rings (SSSR count). The Bertz CT molecular complexity index is 409. The van der Waals surface area contributed by atoms with Crippen molar-refractivity contribution in [3.63, 3.8) is 0 Å². The van der Waals surface area contributed by atoms with Crippen molar-refractivity contribution in [2.75, 3.05) is 25.1 Å². The number of nitrogens with one attached hydrogen (secondary N) is 1. The molecule has 1 heterocycles. The Balaban J connectivity index is 2.38. The standard InChI is InChI=1S/C9H8F6N2O/c10-5-3-6(11)8(17-7(5)12)16-1-2-18-4-9(13,14)15/h3H,1-2,4H2,(H,16,17).